The molecule has 0 radical (unpaired) electrons. The molecular formula is C22H26F2N4O2. The van der Waals surface area contributed by atoms with Gasteiger partial charge in [-0.15, -0.1) is 0 Å². The SMILES string of the molecule is CN=C(NCCc1ccc(OCC(=O)NC2CC2)cc1)NCc1cc(F)ccc1F. The van der Waals surface area contributed by atoms with Gasteiger partial charge in [-0.2, -0.15) is 0 Å². The monoisotopic (exact) mass is 416 g/mol. The molecule has 2 aromatic carbocycles. The van der Waals surface area contributed by atoms with Gasteiger partial charge in [0.2, 0.25) is 0 Å². The van der Waals surface area contributed by atoms with Gasteiger partial charge in [0.15, 0.2) is 12.6 Å². The smallest absolute Gasteiger partial charge is 0.258 e. The third-order valence-corrected chi connectivity index (χ3v) is 4.62. The second-order valence-corrected chi connectivity index (χ2v) is 7.11. The first-order valence-electron chi connectivity index (χ1n) is 9.93. The minimum absolute atomic E-state index is 0.0192. The molecule has 30 heavy (non-hydrogen) atoms. The number of aliphatic imine (C=N–C) groups is 1. The van der Waals surface area contributed by atoms with Crippen LogP contribution in [0, 0.1) is 11.6 Å². The fourth-order valence-electron chi connectivity index (χ4n) is 2.80. The summed E-state index contributed by atoms with van der Waals surface area (Å²) in [4.78, 5) is 15.7. The fourth-order valence-corrected chi connectivity index (χ4v) is 2.80. The van der Waals surface area contributed by atoms with E-state index in [4.69, 9.17) is 4.74 Å². The van der Waals surface area contributed by atoms with E-state index in [0.717, 1.165) is 43.0 Å². The van der Waals surface area contributed by atoms with E-state index >= 15 is 0 Å². The Morgan fingerprint density at radius 1 is 1.13 bits per heavy atom. The molecule has 2 aromatic rings. The van der Waals surface area contributed by atoms with Crippen LogP contribution in [0.15, 0.2) is 47.5 Å². The van der Waals surface area contributed by atoms with Gasteiger partial charge in [0, 0.05) is 31.7 Å². The third-order valence-electron chi connectivity index (χ3n) is 4.62. The van der Waals surface area contributed by atoms with Crippen LogP contribution in [-0.2, 0) is 17.8 Å². The van der Waals surface area contributed by atoms with E-state index < -0.39 is 11.6 Å². The Hall–Kier alpha value is -3.16. The van der Waals surface area contributed by atoms with Crippen molar-refractivity contribution in [3.63, 3.8) is 0 Å². The van der Waals surface area contributed by atoms with E-state index in [1.165, 1.54) is 0 Å². The predicted molar refractivity (Wildman–Crippen MR) is 111 cm³/mol. The van der Waals surface area contributed by atoms with Gasteiger partial charge in [0.25, 0.3) is 5.91 Å². The molecule has 0 spiro atoms. The number of hydrogen-bond donors (Lipinski definition) is 3. The van der Waals surface area contributed by atoms with Crippen molar-refractivity contribution in [3.8, 4) is 5.75 Å². The number of amides is 1. The summed E-state index contributed by atoms with van der Waals surface area (Å²) in [5.74, 6) is 0.106. The second kappa shape index (κ2) is 10.6. The number of halogens is 2. The number of carbonyl (C=O) groups excluding carboxylic acids is 1. The Balaban J connectivity index is 1.37. The van der Waals surface area contributed by atoms with E-state index in [1.54, 1.807) is 7.05 Å². The maximum absolute atomic E-state index is 13.7. The molecule has 0 unspecified atom stereocenters. The van der Waals surface area contributed by atoms with Crippen molar-refractivity contribution in [3.05, 3.63) is 65.2 Å². The van der Waals surface area contributed by atoms with Gasteiger partial charge in [-0.1, -0.05) is 12.1 Å². The van der Waals surface area contributed by atoms with Gasteiger partial charge in [0.1, 0.15) is 17.4 Å². The summed E-state index contributed by atoms with van der Waals surface area (Å²) >= 11 is 0. The number of nitrogens with one attached hydrogen (secondary N) is 3. The van der Waals surface area contributed by atoms with Gasteiger partial charge >= 0.3 is 0 Å². The van der Waals surface area contributed by atoms with Crippen LogP contribution in [0.25, 0.3) is 0 Å². The largest absolute Gasteiger partial charge is 0.484 e. The van der Waals surface area contributed by atoms with Gasteiger partial charge < -0.3 is 20.7 Å². The van der Waals surface area contributed by atoms with E-state index in [1.807, 2.05) is 24.3 Å². The summed E-state index contributed by atoms with van der Waals surface area (Å²) in [5.41, 5.74) is 1.32. The first-order valence-corrected chi connectivity index (χ1v) is 9.93. The van der Waals surface area contributed by atoms with Crippen LogP contribution in [-0.4, -0.2) is 38.1 Å². The number of rotatable bonds is 9. The van der Waals surface area contributed by atoms with Crippen molar-refractivity contribution >= 4 is 11.9 Å². The number of hydrogen-bond acceptors (Lipinski definition) is 3. The zero-order valence-corrected chi connectivity index (χ0v) is 16.9. The van der Waals surface area contributed by atoms with E-state index in [0.29, 0.717) is 24.3 Å². The molecule has 8 heteroatoms. The molecule has 1 saturated carbocycles. The predicted octanol–water partition coefficient (Wildman–Crippen LogP) is 2.53. The Labute approximate surface area is 174 Å². The molecule has 0 aliphatic heterocycles. The lowest BCUT2D eigenvalue weighted by Gasteiger charge is -2.13. The lowest BCUT2D eigenvalue weighted by atomic mass is 10.1. The molecular weight excluding hydrogens is 390 g/mol. The highest BCUT2D eigenvalue weighted by Gasteiger charge is 2.23. The summed E-state index contributed by atoms with van der Waals surface area (Å²) in [6.07, 6.45) is 2.84. The highest BCUT2D eigenvalue weighted by atomic mass is 19.1. The number of guanidine groups is 1. The first-order chi connectivity index (χ1) is 14.5. The van der Waals surface area contributed by atoms with Crippen molar-refractivity contribution in [2.75, 3.05) is 20.2 Å². The van der Waals surface area contributed by atoms with Crippen molar-refractivity contribution in [1.29, 1.82) is 0 Å². The number of ether oxygens (including phenoxy) is 1. The molecule has 3 rings (SSSR count). The molecule has 0 bridgehead atoms. The van der Waals surface area contributed by atoms with Crippen LogP contribution in [0.1, 0.15) is 24.0 Å². The topological polar surface area (TPSA) is 74.8 Å². The highest BCUT2D eigenvalue weighted by molar-refractivity contribution is 5.79. The summed E-state index contributed by atoms with van der Waals surface area (Å²) in [6, 6.07) is 11.2. The van der Waals surface area contributed by atoms with Crippen molar-refractivity contribution in [1.82, 2.24) is 16.0 Å². The third kappa shape index (κ3) is 7.02. The van der Waals surface area contributed by atoms with E-state index in [-0.39, 0.29) is 24.6 Å². The van der Waals surface area contributed by atoms with Crippen molar-refractivity contribution in [2.24, 2.45) is 4.99 Å². The Kier molecular flexibility index (Phi) is 7.59. The van der Waals surface area contributed by atoms with Crippen molar-refractivity contribution < 1.29 is 18.3 Å². The summed E-state index contributed by atoms with van der Waals surface area (Å²) in [7, 11) is 1.61. The second-order valence-electron chi connectivity index (χ2n) is 7.11. The highest BCUT2D eigenvalue weighted by Crippen LogP contribution is 2.18. The minimum Gasteiger partial charge on any atom is -0.484 e. The molecule has 3 N–H and O–H groups in total. The maximum Gasteiger partial charge on any atom is 0.258 e. The molecule has 0 atom stereocenters. The average Bonchev–Trinajstić information content (AvgIpc) is 3.56. The number of nitrogens with zero attached hydrogens (tertiary/aromatic N) is 1. The quantitative estimate of drug-likeness (QED) is 0.434. The zero-order chi connectivity index (χ0) is 21.3. The molecule has 1 amide bonds. The fraction of sp³-hybridized carbons (Fsp3) is 0.364. The Morgan fingerprint density at radius 3 is 2.60 bits per heavy atom. The van der Waals surface area contributed by atoms with E-state index in [2.05, 4.69) is 20.9 Å². The van der Waals surface area contributed by atoms with Crippen LogP contribution in [0.3, 0.4) is 0 Å². The lowest BCUT2D eigenvalue weighted by Crippen LogP contribution is -2.38. The van der Waals surface area contributed by atoms with Crippen LogP contribution in [0.2, 0.25) is 0 Å². The molecule has 1 aliphatic carbocycles. The molecule has 160 valence electrons. The van der Waals surface area contributed by atoms with Gasteiger partial charge in [-0.25, -0.2) is 8.78 Å². The minimum atomic E-state index is -0.480. The van der Waals surface area contributed by atoms with Gasteiger partial charge in [-0.05, 0) is 55.2 Å². The van der Waals surface area contributed by atoms with Crippen LogP contribution in [0.5, 0.6) is 5.75 Å². The standard InChI is InChI=1S/C22H26F2N4O2/c1-25-22(27-13-16-12-17(23)4-9-20(16)24)26-11-10-15-2-7-19(8-3-15)30-14-21(29)28-18-5-6-18/h2-4,7-9,12,18H,5-6,10-11,13-14H2,1H3,(H,28,29)(H2,25,26,27). The van der Waals surface area contributed by atoms with Gasteiger partial charge in [0.05, 0.1) is 0 Å². The molecule has 0 saturated heterocycles. The molecule has 1 fully saturated rings. The zero-order valence-electron chi connectivity index (χ0n) is 16.9. The molecule has 0 aromatic heterocycles. The van der Waals surface area contributed by atoms with Gasteiger partial charge in [-0.3, -0.25) is 9.79 Å². The number of benzene rings is 2. The van der Waals surface area contributed by atoms with E-state index in [9.17, 15) is 13.6 Å². The van der Waals surface area contributed by atoms with Crippen molar-refractivity contribution in [2.45, 2.75) is 31.8 Å². The lowest BCUT2D eigenvalue weighted by molar-refractivity contribution is -0.123. The first kappa shape index (κ1) is 21.5. The normalized spacial score (nSPS) is 13.6. The Bertz CT molecular complexity index is 883. The van der Waals surface area contributed by atoms with Crippen LogP contribution < -0.4 is 20.7 Å². The summed E-state index contributed by atoms with van der Waals surface area (Å²) < 4.78 is 32.4. The van der Waals surface area contributed by atoms with Crippen LogP contribution >= 0.6 is 0 Å². The summed E-state index contributed by atoms with van der Waals surface area (Å²) in [6.45, 7) is 0.754. The average molecular weight is 416 g/mol. The molecule has 1 aliphatic rings. The maximum atomic E-state index is 13.7. The Morgan fingerprint density at radius 2 is 1.90 bits per heavy atom. The number of carbonyl (C=O) groups is 1. The molecule has 0 heterocycles. The summed E-state index contributed by atoms with van der Waals surface area (Å²) in [5, 5.41) is 8.99. The van der Waals surface area contributed by atoms with Crippen LogP contribution in [0.4, 0.5) is 8.78 Å². The molecule has 6 nitrogen and oxygen atoms in total.